The number of amides is 2. The molecule has 29 heavy (non-hydrogen) atoms. The van der Waals surface area contributed by atoms with Gasteiger partial charge in [-0.3, -0.25) is 14.6 Å². The number of esters is 1. The second-order valence-corrected chi connectivity index (χ2v) is 7.66. The van der Waals surface area contributed by atoms with Crippen molar-refractivity contribution in [3.8, 4) is 0 Å². The van der Waals surface area contributed by atoms with Gasteiger partial charge in [0, 0.05) is 4.47 Å². The number of fused-ring (bicyclic) bond motifs is 1. The highest BCUT2D eigenvalue weighted by atomic mass is 79.9. The first-order chi connectivity index (χ1) is 13.9. The van der Waals surface area contributed by atoms with E-state index < -0.39 is 29.7 Å². The van der Waals surface area contributed by atoms with Gasteiger partial charge in [0.25, 0.3) is 5.91 Å². The highest BCUT2D eigenvalue weighted by Gasteiger charge is 2.59. The van der Waals surface area contributed by atoms with Crippen LogP contribution in [-0.4, -0.2) is 36.1 Å². The summed E-state index contributed by atoms with van der Waals surface area (Å²) >= 11 is 3.35. The molecule has 148 valence electrons. The lowest BCUT2D eigenvalue weighted by atomic mass is 9.97. The largest absolute Gasteiger partial charge is 0.461 e. The van der Waals surface area contributed by atoms with Crippen LogP contribution >= 0.6 is 15.9 Å². The third-order valence-electron chi connectivity index (χ3n) is 4.98. The van der Waals surface area contributed by atoms with Crippen LogP contribution in [-0.2, 0) is 19.1 Å². The number of imide groups is 1. The van der Waals surface area contributed by atoms with Crippen LogP contribution in [0.2, 0.25) is 0 Å². The summed E-state index contributed by atoms with van der Waals surface area (Å²) in [5.74, 6) is -2.60. The Hall–Kier alpha value is -3.00. The van der Waals surface area contributed by atoms with Crippen molar-refractivity contribution in [2.75, 3.05) is 16.5 Å². The van der Waals surface area contributed by atoms with Crippen LogP contribution in [0.15, 0.2) is 58.1 Å². The van der Waals surface area contributed by atoms with Gasteiger partial charge in [0.15, 0.2) is 5.71 Å². The number of carbonyl (C=O) groups excluding carboxylic acids is 3. The molecule has 1 saturated heterocycles. The van der Waals surface area contributed by atoms with Crippen LogP contribution in [0, 0.1) is 12.8 Å². The minimum Gasteiger partial charge on any atom is -0.461 e. The highest BCUT2D eigenvalue weighted by molar-refractivity contribution is 9.10. The van der Waals surface area contributed by atoms with E-state index in [4.69, 9.17) is 4.74 Å². The molecule has 0 aliphatic carbocycles. The Bertz CT molecular complexity index is 1030. The Morgan fingerprint density at radius 1 is 1.10 bits per heavy atom. The summed E-state index contributed by atoms with van der Waals surface area (Å²) in [5.41, 5.74) is 1.95. The number of halogens is 1. The Balaban J connectivity index is 1.81. The molecule has 7 nitrogen and oxygen atoms in total. The first kappa shape index (κ1) is 19.3. The van der Waals surface area contributed by atoms with E-state index in [1.165, 1.54) is 5.01 Å². The van der Waals surface area contributed by atoms with Gasteiger partial charge in [-0.05, 0) is 49.7 Å². The van der Waals surface area contributed by atoms with Crippen molar-refractivity contribution < 1.29 is 19.1 Å². The smallest absolute Gasteiger partial charge is 0.355 e. The zero-order valence-electron chi connectivity index (χ0n) is 15.8. The molecule has 2 atom stereocenters. The first-order valence-electron chi connectivity index (χ1n) is 9.18. The number of ether oxygens (including phenoxy) is 1. The monoisotopic (exact) mass is 455 g/mol. The second-order valence-electron chi connectivity index (χ2n) is 6.75. The van der Waals surface area contributed by atoms with E-state index in [2.05, 4.69) is 21.0 Å². The Morgan fingerprint density at radius 2 is 1.79 bits per heavy atom. The Morgan fingerprint density at radius 3 is 2.45 bits per heavy atom. The van der Waals surface area contributed by atoms with Gasteiger partial charge in [-0.25, -0.2) is 9.69 Å². The number of hydrazone groups is 1. The number of carbonyl (C=O) groups is 3. The van der Waals surface area contributed by atoms with Crippen molar-refractivity contribution >= 4 is 50.8 Å². The molecule has 0 bridgehead atoms. The van der Waals surface area contributed by atoms with E-state index >= 15 is 0 Å². The summed E-state index contributed by atoms with van der Waals surface area (Å²) in [5, 5.41) is 5.84. The zero-order chi connectivity index (χ0) is 20.7. The summed E-state index contributed by atoms with van der Waals surface area (Å²) in [6, 6.07) is 13.3. The molecule has 2 amide bonds. The predicted octanol–water partition coefficient (Wildman–Crippen LogP) is 3.05. The van der Waals surface area contributed by atoms with Gasteiger partial charge in [-0.1, -0.05) is 34.1 Å². The maximum absolute atomic E-state index is 13.3. The van der Waals surface area contributed by atoms with Crippen molar-refractivity contribution in [2.45, 2.75) is 19.9 Å². The summed E-state index contributed by atoms with van der Waals surface area (Å²) in [6.45, 7) is 3.72. The zero-order valence-corrected chi connectivity index (χ0v) is 17.4. The average Bonchev–Trinajstić information content (AvgIpc) is 3.21. The standard InChI is InChI=1S/C21H18BrN3O4/c1-3-29-21(28)17-16-18(25(23-17)15-7-5-4-6-12(15)2)20(27)24(19(16)26)14-10-8-13(22)9-11-14/h4-11,16,18H,3H2,1-2H3/t16-,18+/m0/s1. The normalized spacial score (nSPS) is 20.7. The fourth-order valence-electron chi connectivity index (χ4n) is 3.65. The van der Waals surface area contributed by atoms with Gasteiger partial charge in [0.1, 0.15) is 12.0 Å². The van der Waals surface area contributed by atoms with Crippen LogP contribution < -0.4 is 9.91 Å². The molecule has 2 aliphatic heterocycles. The molecule has 8 heteroatoms. The maximum Gasteiger partial charge on any atom is 0.355 e. The van der Waals surface area contributed by atoms with Crippen LogP contribution in [0.5, 0.6) is 0 Å². The minimum atomic E-state index is -1.01. The molecule has 0 saturated carbocycles. The quantitative estimate of drug-likeness (QED) is 0.522. The fourth-order valence-corrected chi connectivity index (χ4v) is 3.92. The molecule has 2 heterocycles. The lowest BCUT2D eigenvalue weighted by Gasteiger charge is -2.23. The number of hydrogen-bond donors (Lipinski definition) is 0. The van der Waals surface area contributed by atoms with Crippen molar-refractivity contribution in [2.24, 2.45) is 11.0 Å². The van der Waals surface area contributed by atoms with Gasteiger partial charge >= 0.3 is 5.97 Å². The van der Waals surface area contributed by atoms with E-state index in [-0.39, 0.29) is 12.3 Å². The van der Waals surface area contributed by atoms with Crippen LogP contribution in [0.25, 0.3) is 0 Å². The Labute approximate surface area is 176 Å². The fraction of sp³-hybridized carbons (Fsp3) is 0.238. The van der Waals surface area contributed by atoms with Crippen LogP contribution in [0.1, 0.15) is 12.5 Å². The predicted molar refractivity (Wildman–Crippen MR) is 112 cm³/mol. The summed E-state index contributed by atoms with van der Waals surface area (Å²) in [7, 11) is 0. The SMILES string of the molecule is CCOC(=O)C1=NN(c2ccccc2C)[C@H]2C(=O)N(c3ccc(Br)cc3)C(=O)[C@@H]12. The Kier molecular flexibility index (Phi) is 4.96. The van der Waals surface area contributed by atoms with Crippen molar-refractivity contribution in [3.05, 3.63) is 58.6 Å². The average molecular weight is 456 g/mol. The molecule has 0 N–H and O–H groups in total. The number of benzene rings is 2. The van der Waals surface area contributed by atoms with Gasteiger partial charge in [0.2, 0.25) is 5.91 Å². The molecule has 2 aromatic rings. The first-order valence-corrected chi connectivity index (χ1v) is 9.97. The molecular weight excluding hydrogens is 438 g/mol. The number of nitrogens with zero attached hydrogens (tertiary/aromatic N) is 3. The number of para-hydroxylation sites is 1. The topological polar surface area (TPSA) is 79.3 Å². The van der Waals surface area contributed by atoms with Crippen LogP contribution in [0.4, 0.5) is 11.4 Å². The lowest BCUT2D eigenvalue weighted by molar-refractivity contribution is -0.136. The number of anilines is 2. The molecule has 4 rings (SSSR count). The van der Waals surface area contributed by atoms with Crippen LogP contribution in [0.3, 0.4) is 0 Å². The van der Waals surface area contributed by atoms with E-state index in [0.717, 1.165) is 14.9 Å². The van der Waals surface area contributed by atoms with Crippen molar-refractivity contribution in [1.82, 2.24) is 0 Å². The van der Waals surface area contributed by atoms with Gasteiger partial charge < -0.3 is 4.74 Å². The van der Waals surface area contributed by atoms with E-state index in [9.17, 15) is 14.4 Å². The second kappa shape index (κ2) is 7.44. The van der Waals surface area contributed by atoms with E-state index in [1.807, 2.05) is 31.2 Å². The minimum absolute atomic E-state index is 0.0435. The summed E-state index contributed by atoms with van der Waals surface area (Å²) in [4.78, 5) is 40.2. The van der Waals surface area contributed by atoms with Crippen molar-refractivity contribution in [3.63, 3.8) is 0 Å². The number of rotatable bonds is 4. The number of hydrogen-bond acceptors (Lipinski definition) is 6. The van der Waals surface area contributed by atoms with E-state index in [0.29, 0.717) is 11.4 Å². The van der Waals surface area contributed by atoms with Gasteiger partial charge in [0.05, 0.1) is 18.0 Å². The van der Waals surface area contributed by atoms with E-state index in [1.54, 1.807) is 31.2 Å². The molecule has 2 aliphatic rings. The van der Waals surface area contributed by atoms with Crippen molar-refractivity contribution in [1.29, 1.82) is 0 Å². The molecule has 0 aromatic heterocycles. The molecule has 1 fully saturated rings. The molecular formula is C21H18BrN3O4. The third-order valence-corrected chi connectivity index (χ3v) is 5.51. The molecule has 0 unspecified atom stereocenters. The molecule has 0 spiro atoms. The van der Waals surface area contributed by atoms with Gasteiger partial charge in [-0.15, -0.1) is 0 Å². The number of aryl methyl sites for hydroxylation is 1. The lowest BCUT2D eigenvalue weighted by Crippen LogP contribution is -2.39. The molecule has 2 aromatic carbocycles. The summed E-state index contributed by atoms with van der Waals surface area (Å²) in [6.07, 6.45) is 0. The maximum atomic E-state index is 13.3. The highest BCUT2D eigenvalue weighted by Crippen LogP contribution is 2.39. The van der Waals surface area contributed by atoms with Gasteiger partial charge in [-0.2, -0.15) is 5.10 Å². The molecule has 0 radical (unpaired) electrons. The summed E-state index contributed by atoms with van der Waals surface area (Å²) < 4.78 is 5.93. The third kappa shape index (κ3) is 3.13.